The fraction of sp³-hybridized carbons (Fsp3) is 0.600. The summed E-state index contributed by atoms with van der Waals surface area (Å²) >= 11 is 6.46. The predicted octanol–water partition coefficient (Wildman–Crippen LogP) is 5.91. The van der Waals surface area contributed by atoms with E-state index in [4.69, 9.17) is 35.3 Å². The number of ether oxygens (including phenoxy) is 5. The highest BCUT2D eigenvalue weighted by Crippen LogP contribution is 2.47. The fourth-order valence-corrected chi connectivity index (χ4v) is 10.9. The number of nitrogens with zero attached hydrogens (tertiary/aromatic N) is 2. The Morgan fingerprint density at radius 1 is 1.13 bits per heavy atom. The summed E-state index contributed by atoms with van der Waals surface area (Å²) in [6.07, 6.45) is 10.9. The maximum absolute atomic E-state index is 14.6. The summed E-state index contributed by atoms with van der Waals surface area (Å²) in [4.78, 5) is 29.7. The van der Waals surface area contributed by atoms with E-state index in [-0.39, 0.29) is 48.1 Å². The van der Waals surface area contributed by atoms with Gasteiger partial charge in [-0.15, -0.1) is 4.36 Å². The van der Waals surface area contributed by atoms with Crippen molar-refractivity contribution in [3.8, 4) is 5.75 Å². The van der Waals surface area contributed by atoms with Crippen molar-refractivity contribution in [2.75, 3.05) is 71.0 Å². The van der Waals surface area contributed by atoms with Gasteiger partial charge < -0.3 is 28.6 Å². The van der Waals surface area contributed by atoms with Crippen molar-refractivity contribution in [2.45, 2.75) is 69.0 Å². The van der Waals surface area contributed by atoms with Crippen LogP contribution in [0, 0.1) is 17.8 Å². The fourth-order valence-electron chi connectivity index (χ4n) is 8.86. The number of halogens is 1. The number of amides is 2. The molecule has 3 aliphatic heterocycles. The minimum atomic E-state index is -3.60. The number of hydrogen-bond acceptors (Lipinski definition) is 9. The van der Waals surface area contributed by atoms with Crippen LogP contribution >= 0.6 is 11.6 Å². The molecular weight excluding hydrogens is 718 g/mol. The quantitative estimate of drug-likeness (QED) is 0.343. The van der Waals surface area contributed by atoms with Crippen LogP contribution in [-0.4, -0.2) is 94.3 Å². The van der Waals surface area contributed by atoms with E-state index < -0.39 is 21.7 Å². The Balaban J connectivity index is 1.26. The summed E-state index contributed by atoms with van der Waals surface area (Å²) < 4.78 is 51.0. The van der Waals surface area contributed by atoms with Crippen LogP contribution in [0.1, 0.15) is 66.4 Å². The number of rotatable bonds is 7. The maximum atomic E-state index is 14.6. The number of aryl methyl sites for hydroxylation is 1. The van der Waals surface area contributed by atoms with Gasteiger partial charge in [0, 0.05) is 56.5 Å². The first kappa shape index (κ1) is 38.3. The van der Waals surface area contributed by atoms with E-state index in [0.29, 0.717) is 63.2 Å². The second-order valence-electron chi connectivity index (χ2n) is 15.3. The highest BCUT2D eigenvalue weighted by atomic mass is 35.5. The molecule has 288 valence electrons. The molecule has 13 heteroatoms. The molecule has 11 nitrogen and oxygen atoms in total. The van der Waals surface area contributed by atoms with Gasteiger partial charge in [-0.25, -0.2) is 4.21 Å². The summed E-state index contributed by atoms with van der Waals surface area (Å²) in [5, 5.41) is 0.736. The molecule has 53 heavy (non-hydrogen) atoms. The molecule has 2 bridgehead atoms. The molecule has 2 aliphatic carbocycles. The highest BCUT2D eigenvalue weighted by Gasteiger charge is 2.44. The van der Waals surface area contributed by atoms with Gasteiger partial charge in [-0.05, 0) is 111 Å². The minimum absolute atomic E-state index is 0.0737. The van der Waals surface area contributed by atoms with Crippen molar-refractivity contribution in [2.24, 2.45) is 22.1 Å². The van der Waals surface area contributed by atoms with E-state index in [1.807, 2.05) is 18.2 Å². The number of carbonyl (C=O) groups is 2. The first-order valence-corrected chi connectivity index (χ1v) is 21.0. The molecule has 1 N–H and O–H groups in total. The molecule has 5 aliphatic rings. The molecule has 2 aromatic carbocycles. The summed E-state index contributed by atoms with van der Waals surface area (Å²) in [5.74, 6) is -0.250. The Morgan fingerprint density at radius 3 is 2.75 bits per heavy atom. The van der Waals surface area contributed by atoms with Gasteiger partial charge in [-0.2, -0.15) is 0 Å². The molecule has 6 atom stereocenters. The average Bonchev–Trinajstić information content (AvgIpc) is 3.28. The van der Waals surface area contributed by atoms with E-state index in [1.165, 1.54) is 11.1 Å². The molecule has 2 amide bonds. The van der Waals surface area contributed by atoms with Gasteiger partial charge in [0.25, 0.3) is 11.8 Å². The molecule has 1 unspecified atom stereocenters. The lowest BCUT2D eigenvalue weighted by Gasteiger charge is -2.46. The number of benzene rings is 2. The van der Waals surface area contributed by atoms with Crippen LogP contribution in [0.2, 0.25) is 5.02 Å². The molecule has 0 aromatic heterocycles. The van der Waals surface area contributed by atoms with Crippen molar-refractivity contribution >= 4 is 39.0 Å². The van der Waals surface area contributed by atoms with Gasteiger partial charge in [0.2, 0.25) is 0 Å². The molecule has 0 radical (unpaired) electrons. The number of carbonyl (C=O) groups excluding carboxylic acids is 2. The Kier molecular flexibility index (Phi) is 12.1. The molecule has 1 spiro atoms. The van der Waals surface area contributed by atoms with Gasteiger partial charge in [-0.1, -0.05) is 29.8 Å². The number of hydrogen-bond donors (Lipinski definition) is 1. The Labute approximate surface area is 318 Å². The van der Waals surface area contributed by atoms with Crippen molar-refractivity contribution in [3.63, 3.8) is 0 Å². The summed E-state index contributed by atoms with van der Waals surface area (Å²) in [6.45, 7) is 3.08. The topological polar surface area (TPSA) is 125 Å². The maximum Gasteiger partial charge on any atom is 0.286 e. The van der Waals surface area contributed by atoms with Gasteiger partial charge in [0.1, 0.15) is 22.3 Å². The predicted molar refractivity (Wildman–Crippen MR) is 204 cm³/mol. The number of anilines is 1. The second kappa shape index (κ2) is 16.8. The van der Waals surface area contributed by atoms with Crippen LogP contribution < -0.4 is 14.4 Å². The van der Waals surface area contributed by atoms with Gasteiger partial charge in [-0.3, -0.25) is 14.3 Å². The lowest BCUT2D eigenvalue weighted by molar-refractivity contribution is -0.128. The summed E-state index contributed by atoms with van der Waals surface area (Å²) in [7, 11) is -0.260. The number of allylic oxidation sites excluding steroid dienone is 1. The number of nitrogens with one attached hydrogen (secondary N) is 1. The van der Waals surface area contributed by atoms with Crippen LogP contribution in [0.25, 0.3) is 0 Å². The molecule has 7 rings (SSSR count). The van der Waals surface area contributed by atoms with E-state index >= 15 is 0 Å². The van der Waals surface area contributed by atoms with E-state index in [9.17, 15) is 13.8 Å². The minimum Gasteiger partial charge on any atom is -0.490 e. The average molecular weight is 770 g/mol. The molecule has 1 saturated heterocycles. The van der Waals surface area contributed by atoms with Gasteiger partial charge >= 0.3 is 0 Å². The van der Waals surface area contributed by atoms with Crippen molar-refractivity contribution in [1.82, 2.24) is 4.72 Å². The third-order valence-corrected chi connectivity index (χ3v) is 13.9. The number of fused-ring (bicyclic) bond motifs is 4. The Hall–Kier alpha value is -3.00. The standard InChI is InChI=1S/C40H52ClN3O8S/c1-48-22-27-5-3-7-36(49-2)33-11-8-30(33)21-44-25-40(16-4-6-28-19-31(41)10-12-34(28)40)26-52-37-13-9-29(20-35(37)44)39(46)43-53(47,24-27)42-38(45)23-51-32-14-17-50-18-15-32/h3,7,9-10,12-13,19-20,27,30,32-33,36H,4-6,8,11,14-18,21-26H2,1-2H3,(H,42,43,45,46,47)/b7-3+/t27-,30+,33-,36+,40+,53?/m1/s1. The van der Waals surface area contributed by atoms with Crippen LogP contribution in [0.5, 0.6) is 5.75 Å². The second-order valence-corrected chi connectivity index (χ2v) is 17.8. The van der Waals surface area contributed by atoms with Crippen molar-refractivity contribution in [1.29, 1.82) is 0 Å². The van der Waals surface area contributed by atoms with E-state index in [0.717, 1.165) is 49.4 Å². The summed E-state index contributed by atoms with van der Waals surface area (Å²) in [6, 6.07) is 11.5. The van der Waals surface area contributed by atoms with Crippen LogP contribution in [0.15, 0.2) is 52.9 Å². The Morgan fingerprint density at radius 2 is 1.98 bits per heavy atom. The first-order chi connectivity index (χ1) is 25.7. The zero-order chi connectivity index (χ0) is 37.0. The first-order valence-electron chi connectivity index (χ1n) is 19.0. The van der Waals surface area contributed by atoms with E-state index in [2.05, 4.69) is 38.3 Å². The SMILES string of the molecule is COC[C@H]1C/C=C/[C@H](OC)[C@@H]2CC[C@H]2CN2C[C@@]3(CCCc4cc(Cl)ccc43)COc3ccc(cc32)C(=O)N=S(=O)(NC(=O)COC2CCOCC2)C1. The van der Waals surface area contributed by atoms with Crippen molar-refractivity contribution < 1.29 is 37.5 Å². The zero-order valence-electron chi connectivity index (χ0n) is 30.8. The molecule has 2 aromatic rings. The van der Waals surface area contributed by atoms with Crippen LogP contribution in [0.4, 0.5) is 5.69 Å². The molecule has 3 heterocycles. The molecule has 1 saturated carbocycles. The van der Waals surface area contributed by atoms with Crippen molar-refractivity contribution in [3.05, 3.63) is 70.3 Å². The largest absolute Gasteiger partial charge is 0.490 e. The monoisotopic (exact) mass is 769 g/mol. The lowest BCUT2D eigenvalue weighted by Crippen LogP contribution is -2.49. The third kappa shape index (κ3) is 8.79. The van der Waals surface area contributed by atoms with Gasteiger partial charge in [0.05, 0.1) is 36.9 Å². The lowest BCUT2D eigenvalue weighted by atomic mass is 9.68. The normalized spacial score (nSPS) is 31.2. The Bertz CT molecular complexity index is 1810. The number of methoxy groups -OCH3 is 2. The van der Waals surface area contributed by atoms with Crippen LogP contribution in [-0.2, 0) is 45.5 Å². The van der Waals surface area contributed by atoms with Crippen LogP contribution in [0.3, 0.4) is 0 Å². The van der Waals surface area contributed by atoms with Gasteiger partial charge in [0.15, 0.2) is 0 Å². The highest BCUT2D eigenvalue weighted by molar-refractivity contribution is 7.92. The van der Waals surface area contributed by atoms with E-state index in [1.54, 1.807) is 20.3 Å². The molecular formula is C40H52ClN3O8S. The zero-order valence-corrected chi connectivity index (χ0v) is 32.3. The smallest absolute Gasteiger partial charge is 0.286 e. The summed E-state index contributed by atoms with van der Waals surface area (Å²) in [5.41, 5.74) is 3.34. The molecule has 2 fully saturated rings. The third-order valence-electron chi connectivity index (χ3n) is 11.7.